The van der Waals surface area contributed by atoms with Gasteiger partial charge < -0.3 is 10.6 Å². The molecule has 0 unspecified atom stereocenters. The molecular formula is C19H23N5O3. The monoisotopic (exact) mass is 369 g/mol. The van der Waals surface area contributed by atoms with Gasteiger partial charge in [0, 0.05) is 35.8 Å². The molecule has 0 fully saturated rings. The number of benzene rings is 1. The van der Waals surface area contributed by atoms with Crippen LogP contribution < -0.4 is 10.6 Å². The van der Waals surface area contributed by atoms with Gasteiger partial charge in [0.25, 0.3) is 5.69 Å². The molecule has 2 atom stereocenters. The van der Waals surface area contributed by atoms with Gasteiger partial charge in [-0.2, -0.15) is 5.10 Å². The Bertz CT molecular complexity index is 903. The van der Waals surface area contributed by atoms with Gasteiger partial charge in [0.2, 0.25) is 0 Å². The molecule has 1 heterocycles. The molecule has 0 aliphatic heterocycles. The third kappa shape index (κ3) is 3.69. The number of nitrogens with zero attached hydrogens (tertiary/aromatic N) is 3. The van der Waals surface area contributed by atoms with Crippen LogP contribution in [-0.2, 0) is 0 Å². The quantitative estimate of drug-likeness (QED) is 0.480. The van der Waals surface area contributed by atoms with Gasteiger partial charge in [-0.15, -0.1) is 0 Å². The number of rotatable bonds is 5. The zero-order valence-electron chi connectivity index (χ0n) is 15.6. The fraction of sp³-hybridized carbons (Fsp3) is 0.368. The second kappa shape index (κ2) is 7.61. The van der Waals surface area contributed by atoms with Crippen LogP contribution in [0.15, 0.2) is 36.4 Å². The molecule has 142 valence electrons. The zero-order valence-corrected chi connectivity index (χ0v) is 15.6. The standard InChI is InChI=1S/C19H23N5O3/c1-4-20-19(25)21-15-10-9-14(11-15)18-12(2)22-23(13(18)3)16-7-5-6-8-17(16)24(26)27/h5-10,14-15H,4,11H2,1-3H3,(H2,20,21,25)/t14-,15-/m1/s1. The van der Waals surface area contributed by atoms with Crippen molar-refractivity contribution in [3.05, 3.63) is 63.5 Å². The van der Waals surface area contributed by atoms with E-state index >= 15 is 0 Å². The largest absolute Gasteiger partial charge is 0.338 e. The number of carbonyl (C=O) groups is 1. The second-order valence-corrected chi connectivity index (χ2v) is 6.58. The first-order valence-corrected chi connectivity index (χ1v) is 8.95. The highest BCUT2D eigenvalue weighted by molar-refractivity contribution is 5.74. The summed E-state index contributed by atoms with van der Waals surface area (Å²) < 4.78 is 1.64. The van der Waals surface area contributed by atoms with Crippen LogP contribution in [0.4, 0.5) is 10.5 Å². The average molecular weight is 369 g/mol. The van der Waals surface area contributed by atoms with Crippen molar-refractivity contribution in [1.82, 2.24) is 20.4 Å². The number of nitro groups is 1. The highest BCUT2D eigenvalue weighted by atomic mass is 16.6. The average Bonchev–Trinajstić information content (AvgIpc) is 3.18. The predicted octanol–water partition coefficient (Wildman–Crippen LogP) is 3.13. The van der Waals surface area contributed by atoms with Gasteiger partial charge in [-0.1, -0.05) is 24.3 Å². The van der Waals surface area contributed by atoms with Crippen LogP contribution in [0.5, 0.6) is 0 Å². The Morgan fingerprint density at radius 1 is 1.33 bits per heavy atom. The molecule has 1 aliphatic rings. The van der Waals surface area contributed by atoms with Gasteiger partial charge in [-0.25, -0.2) is 9.48 Å². The Morgan fingerprint density at radius 2 is 2.07 bits per heavy atom. The van der Waals surface area contributed by atoms with E-state index in [0.717, 1.165) is 23.4 Å². The Morgan fingerprint density at radius 3 is 2.78 bits per heavy atom. The van der Waals surface area contributed by atoms with Crippen molar-refractivity contribution in [1.29, 1.82) is 0 Å². The summed E-state index contributed by atoms with van der Waals surface area (Å²) in [7, 11) is 0. The van der Waals surface area contributed by atoms with E-state index in [2.05, 4.69) is 21.8 Å². The Labute approximate surface area is 157 Å². The van der Waals surface area contributed by atoms with Crippen LogP contribution in [-0.4, -0.2) is 33.3 Å². The van der Waals surface area contributed by atoms with Crippen molar-refractivity contribution in [3.63, 3.8) is 0 Å². The predicted molar refractivity (Wildman–Crippen MR) is 102 cm³/mol. The first-order valence-electron chi connectivity index (χ1n) is 8.95. The summed E-state index contributed by atoms with van der Waals surface area (Å²) in [5, 5.41) is 21.6. The van der Waals surface area contributed by atoms with E-state index in [1.165, 1.54) is 6.07 Å². The van der Waals surface area contributed by atoms with Gasteiger partial charge >= 0.3 is 6.03 Å². The van der Waals surface area contributed by atoms with Crippen LogP contribution in [0.3, 0.4) is 0 Å². The van der Waals surface area contributed by atoms with Crippen LogP contribution in [0.1, 0.15) is 36.2 Å². The number of hydrogen-bond acceptors (Lipinski definition) is 4. The van der Waals surface area contributed by atoms with Crippen LogP contribution in [0.25, 0.3) is 5.69 Å². The molecule has 2 amide bonds. The maximum absolute atomic E-state index is 11.7. The molecule has 0 saturated heterocycles. The fourth-order valence-corrected chi connectivity index (χ4v) is 3.62. The highest BCUT2D eigenvalue weighted by Gasteiger charge is 2.28. The lowest BCUT2D eigenvalue weighted by atomic mass is 9.96. The van der Waals surface area contributed by atoms with E-state index in [-0.39, 0.29) is 23.7 Å². The maximum atomic E-state index is 11.7. The summed E-state index contributed by atoms with van der Waals surface area (Å²) in [5.74, 6) is 0.105. The van der Waals surface area contributed by atoms with Crippen LogP contribution in [0, 0.1) is 24.0 Å². The van der Waals surface area contributed by atoms with E-state index in [4.69, 9.17) is 0 Å². The molecule has 1 aliphatic carbocycles. The van der Waals surface area contributed by atoms with Gasteiger partial charge in [0.05, 0.1) is 10.6 Å². The third-order valence-electron chi connectivity index (χ3n) is 4.76. The lowest BCUT2D eigenvalue weighted by Gasteiger charge is -2.15. The zero-order chi connectivity index (χ0) is 19.6. The molecule has 8 nitrogen and oxygen atoms in total. The SMILES string of the molecule is CCNC(=O)N[C@@H]1C=C[C@@H](c2c(C)nn(-c3ccccc3[N+](=O)[O-])c2C)C1. The molecule has 0 bridgehead atoms. The van der Waals surface area contributed by atoms with Gasteiger partial charge in [-0.3, -0.25) is 10.1 Å². The van der Waals surface area contributed by atoms with E-state index < -0.39 is 4.92 Å². The molecule has 2 N–H and O–H groups in total. The highest BCUT2D eigenvalue weighted by Crippen LogP contribution is 2.35. The normalized spacial score (nSPS) is 18.5. The maximum Gasteiger partial charge on any atom is 0.315 e. The number of aryl methyl sites for hydroxylation is 1. The first-order chi connectivity index (χ1) is 12.9. The number of urea groups is 1. The number of nitrogens with one attached hydrogen (secondary N) is 2. The number of nitro benzene ring substituents is 1. The number of amides is 2. The summed E-state index contributed by atoms with van der Waals surface area (Å²) in [6.07, 6.45) is 4.79. The summed E-state index contributed by atoms with van der Waals surface area (Å²) in [4.78, 5) is 22.7. The Hall–Kier alpha value is -3.16. The van der Waals surface area contributed by atoms with E-state index in [1.54, 1.807) is 22.9 Å². The smallest absolute Gasteiger partial charge is 0.315 e. The lowest BCUT2D eigenvalue weighted by molar-refractivity contribution is -0.384. The van der Waals surface area contributed by atoms with E-state index in [1.807, 2.05) is 26.8 Å². The Kier molecular flexibility index (Phi) is 5.25. The number of aromatic nitrogens is 2. The molecule has 1 aromatic carbocycles. The van der Waals surface area contributed by atoms with E-state index in [9.17, 15) is 14.9 Å². The van der Waals surface area contributed by atoms with Gasteiger partial charge in [-0.05, 0) is 33.3 Å². The molecule has 0 radical (unpaired) electrons. The van der Waals surface area contributed by atoms with Crippen molar-refractivity contribution in [2.75, 3.05) is 6.54 Å². The summed E-state index contributed by atoms with van der Waals surface area (Å²) in [6.45, 7) is 6.28. The molecule has 1 aromatic heterocycles. The molecule has 2 aromatic rings. The fourth-order valence-electron chi connectivity index (χ4n) is 3.62. The Balaban J connectivity index is 1.87. The topological polar surface area (TPSA) is 102 Å². The minimum atomic E-state index is -0.396. The van der Waals surface area contributed by atoms with Crippen molar-refractivity contribution in [2.24, 2.45) is 0 Å². The van der Waals surface area contributed by atoms with Crippen LogP contribution in [0.2, 0.25) is 0 Å². The number of para-hydroxylation sites is 2. The van der Waals surface area contributed by atoms with Gasteiger partial charge in [0.1, 0.15) is 5.69 Å². The first kappa shape index (κ1) is 18.6. The minimum absolute atomic E-state index is 0.0207. The minimum Gasteiger partial charge on any atom is -0.338 e. The van der Waals surface area contributed by atoms with Crippen molar-refractivity contribution in [2.45, 2.75) is 39.2 Å². The molecule has 27 heavy (non-hydrogen) atoms. The van der Waals surface area contributed by atoms with E-state index in [0.29, 0.717) is 12.2 Å². The van der Waals surface area contributed by atoms with Gasteiger partial charge in [0.15, 0.2) is 0 Å². The summed E-state index contributed by atoms with van der Waals surface area (Å²) >= 11 is 0. The second-order valence-electron chi connectivity index (χ2n) is 6.58. The molecule has 0 saturated carbocycles. The van der Waals surface area contributed by atoms with Crippen LogP contribution >= 0.6 is 0 Å². The number of carbonyl (C=O) groups excluding carboxylic acids is 1. The summed E-state index contributed by atoms with van der Waals surface area (Å²) in [6, 6.07) is 6.36. The molecule has 8 heteroatoms. The molecular weight excluding hydrogens is 346 g/mol. The molecule has 3 rings (SSSR count). The van der Waals surface area contributed by atoms with Crippen molar-refractivity contribution in [3.8, 4) is 5.69 Å². The van der Waals surface area contributed by atoms with Crippen molar-refractivity contribution >= 4 is 11.7 Å². The number of hydrogen-bond donors (Lipinski definition) is 2. The third-order valence-corrected chi connectivity index (χ3v) is 4.76. The summed E-state index contributed by atoms with van der Waals surface area (Å²) in [5.41, 5.74) is 3.22. The number of allylic oxidation sites excluding steroid dienone is 1. The lowest BCUT2D eigenvalue weighted by Crippen LogP contribution is -2.40. The molecule has 0 spiro atoms. The van der Waals surface area contributed by atoms with Crippen molar-refractivity contribution < 1.29 is 9.72 Å².